The molecule has 0 spiro atoms. The molecule has 2 aromatic rings. The molecule has 0 saturated carbocycles. The molecule has 5 heteroatoms. The van der Waals surface area contributed by atoms with Crippen molar-refractivity contribution in [1.29, 1.82) is 5.26 Å². The SMILES string of the molecule is Cn1c(/C=C(/C#N)C(N)=S)ccc1-c1ccc(Br)cc1. The summed E-state index contributed by atoms with van der Waals surface area (Å²) < 4.78 is 3.04. The molecule has 0 aliphatic carbocycles. The third kappa shape index (κ3) is 2.98. The minimum Gasteiger partial charge on any atom is -0.389 e. The van der Waals surface area contributed by atoms with E-state index < -0.39 is 0 Å². The minimum absolute atomic E-state index is 0.110. The Morgan fingerprint density at radius 3 is 2.50 bits per heavy atom. The van der Waals surface area contributed by atoms with Crippen molar-refractivity contribution in [3.05, 3.63) is 52.1 Å². The van der Waals surface area contributed by atoms with Gasteiger partial charge < -0.3 is 10.3 Å². The predicted molar refractivity (Wildman–Crippen MR) is 88.9 cm³/mol. The lowest BCUT2D eigenvalue weighted by Gasteiger charge is -2.06. The molecule has 0 amide bonds. The van der Waals surface area contributed by atoms with Crippen LogP contribution in [0.25, 0.3) is 17.3 Å². The van der Waals surface area contributed by atoms with Gasteiger partial charge in [-0.05, 0) is 35.9 Å². The number of nitrogens with two attached hydrogens (primary N) is 1. The Labute approximate surface area is 131 Å². The van der Waals surface area contributed by atoms with E-state index in [0.717, 1.165) is 21.4 Å². The molecule has 0 fully saturated rings. The van der Waals surface area contributed by atoms with Gasteiger partial charge in [0.2, 0.25) is 0 Å². The highest BCUT2D eigenvalue weighted by atomic mass is 79.9. The molecule has 0 atom stereocenters. The first-order chi connectivity index (χ1) is 9.52. The zero-order chi connectivity index (χ0) is 14.7. The summed E-state index contributed by atoms with van der Waals surface area (Å²) in [4.78, 5) is 0.110. The Morgan fingerprint density at radius 1 is 1.30 bits per heavy atom. The van der Waals surface area contributed by atoms with Gasteiger partial charge in [-0.15, -0.1) is 0 Å². The molecule has 0 aliphatic heterocycles. The molecule has 2 N–H and O–H groups in total. The molecule has 0 unspecified atom stereocenters. The molecular formula is C15H12BrN3S. The molecule has 1 heterocycles. The third-order valence-electron chi connectivity index (χ3n) is 2.98. The monoisotopic (exact) mass is 345 g/mol. The predicted octanol–water partition coefficient (Wildman–Crippen LogP) is 3.65. The van der Waals surface area contributed by atoms with Crippen molar-refractivity contribution < 1.29 is 0 Å². The number of halogens is 1. The second kappa shape index (κ2) is 6.04. The van der Waals surface area contributed by atoms with Gasteiger partial charge in [0, 0.05) is 22.9 Å². The maximum Gasteiger partial charge on any atom is 0.114 e. The number of aromatic nitrogens is 1. The fourth-order valence-electron chi connectivity index (χ4n) is 1.89. The topological polar surface area (TPSA) is 54.7 Å². The van der Waals surface area contributed by atoms with Crippen molar-refractivity contribution in [3.8, 4) is 17.3 Å². The van der Waals surface area contributed by atoms with Gasteiger partial charge in [-0.2, -0.15) is 5.26 Å². The summed E-state index contributed by atoms with van der Waals surface area (Å²) in [5.74, 6) is 0. The number of nitriles is 1. The molecular weight excluding hydrogens is 334 g/mol. The van der Waals surface area contributed by atoms with Crippen molar-refractivity contribution in [2.45, 2.75) is 0 Å². The van der Waals surface area contributed by atoms with E-state index in [4.69, 9.17) is 23.2 Å². The lowest BCUT2D eigenvalue weighted by atomic mass is 10.1. The zero-order valence-corrected chi connectivity index (χ0v) is 13.2. The molecule has 100 valence electrons. The first-order valence-corrected chi connectivity index (χ1v) is 7.06. The van der Waals surface area contributed by atoms with Crippen molar-refractivity contribution in [3.63, 3.8) is 0 Å². The lowest BCUT2D eigenvalue weighted by molar-refractivity contribution is 0.923. The van der Waals surface area contributed by atoms with Crippen molar-refractivity contribution in [2.24, 2.45) is 12.8 Å². The van der Waals surface area contributed by atoms with E-state index in [9.17, 15) is 0 Å². The first-order valence-electron chi connectivity index (χ1n) is 5.86. The number of thiocarbonyl (C=S) groups is 1. The van der Waals surface area contributed by atoms with E-state index in [2.05, 4.69) is 15.9 Å². The average molecular weight is 346 g/mol. The molecule has 0 bridgehead atoms. The van der Waals surface area contributed by atoms with Crippen LogP contribution < -0.4 is 5.73 Å². The molecule has 0 saturated heterocycles. The Balaban J connectivity index is 2.44. The van der Waals surface area contributed by atoms with Gasteiger partial charge in [-0.1, -0.05) is 40.3 Å². The molecule has 20 heavy (non-hydrogen) atoms. The maximum absolute atomic E-state index is 9.00. The Kier molecular flexibility index (Phi) is 4.38. The summed E-state index contributed by atoms with van der Waals surface area (Å²) in [6.07, 6.45) is 1.70. The number of hydrogen-bond donors (Lipinski definition) is 1. The van der Waals surface area contributed by atoms with Crippen LogP contribution in [0.2, 0.25) is 0 Å². The number of hydrogen-bond acceptors (Lipinski definition) is 2. The highest BCUT2D eigenvalue weighted by Crippen LogP contribution is 2.24. The standard InChI is InChI=1S/C15H12BrN3S/c1-19-13(8-11(9-17)15(18)20)6-7-14(19)10-2-4-12(16)5-3-10/h2-8H,1H3,(H2,18,20)/b11-8-. The van der Waals surface area contributed by atoms with Crippen LogP contribution in [-0.4, -0.2) is 9.56 Å². The molecule has 0 aliphatic rings. The summed E-state index contributed by atoms with van der Waals surface area (Å²) in [7, 11) is 1.94. The number of rotatable bonds is 3. The molecule has 1 aromatic carbocycles. The highest BCUT2D eigenvalue weighted by Gasteiger charge is 2.07. The van der Waals surface area contributed by atoms with Crippen LogP contribution in [0.5, 0.6) is 0 Å². The van der Waals surface area contributed by atoms with E-state index in [1.807, 2.05) is 54.1 Å². The van der Waals surface area contributed by atoms with Crippen LogP contribution in [-0.2, 0) is 7.05 Å². The van der Waals surface area contributed by atoms with Crippen molar-refractivity contribution in [1.82, 2.24) is 4.57 Å². The van der Waals surface area contributed by atoms with Crippen LogP contribution in [0.15, 0.2) is 46.4 Å². The second-order valence-corrected chi connectivity index (χ2v) is 5.60. The summed E-state index contributed by atoms with van der Waals surface area (Å²) >= 11 is 8.26. The van der Waals surface area contributed by atoms with Gasteiger partial charge >= 0.3 is 0 Å². The van der Waals surface area contributed by atoms with Gasteiger partial charge in [0.15, 0.2) is 0 Å². The Morgan fingerprint density at radius 2 is 1.95 bits per heavy atom. The van der Waals surface area contributed by atoms with E-state index in [0.29, 0.717) is 5.57 Å². The van der Waals surface area contributed by atoms with Crippen LogP contribution in [0.3, 0.4) is 0 Å². The third-order valence-corrected chi connectivity index (χ3v) is 3.73. The molecule has 1 aromatic heterocycles. The molecule has 0 radical (unpaired) electrons. The maximum atomic E-state index is 9.00. The average Bonchev–Trinajstić information content (AvgIpc) is 2.78. The van der Waals surface area contributed by atoms with Gasteiger partial charge in [-0.25, -0.2) is 0 Å². The van der Waals surface area contributed by atoms with Gasteiger partial charge in [0.1, 0.15) is 11.1 Å². The zero-order valence-electron chi connectivity index (χ0n) is 10.8. The molecule has 3 nitrogen and oxygen atoms in total. The number of nitrogens with zero attached hydrogens (tertiary/aromatic N) is 2. The minimum atomic E-state index is 0.110. The van der Waals surface area contributed by atoms with Crippen LogP contribution in [0.1, 0.15) is 5.69 Å². The highest BCUT2D eigenvalue weighted by molar-refractivity contribution is 9.10. The van der Waals surface area contributed by atoms with E-state index in [-0.39, 0.29) is 4.99 Å². The van der Waals surface area contributed by atoms with E-state index in [1.165, 1.54) is 0 Å². The van der Waals surface area contributed by atoms with E-state index >= 15 is 0 Å². The Bertz CT molecular complexity index is 721. The summed E-state index contributed by atoms with van der Waals surface area (Å²) in [5, 5.41) is 9.00. The summed E-state index contributed by atoms with van der Waals surface area (Å²) in [6.45, 7) is 0. The fourth-order valence-corrected chi connectivity index (χ4v) is 2.26. The van der Waals surface area contributed by atoms with Gasteiger partial charge in [0.25, 0.3) is 0 Å². The largest absolute Gasteiger partial charge is 0.389 e. The fraction of sp³-hybridized carbons (Fsp3) is 0.0667. The first kappa shape index (κ1) is 14.5. The normalized spacial score (nSPS) is 11.2. The number of benzene rings is 1. The smallest absolute Gasteiger partial charge is 0.114 e. The van der Waals surface area contributed by atoms with Gasteiger partial charge in [0.05, 0.1) is 5.57 Å². The van der Waals surface area contributed by atoms with Gasteiger partial charge in [-0.3, -0.25) is 0 Å². The van der Waals surface area contributed by atoms with Crippen LogP contribution in [0, 0.1) is 11.3 Å². The lowest BCUT2D eigenvalue weighted by Crippen LogP contribution is -2.10. The van der Waals surface area contributed by atoms with Crippen LogP contribution in [0.4, 0.5) is 0 Å². The quantitative estimate of drug-likeness (QED) is 0.524. The summed E-state index contributed by atoms with van der Waals surface area (Å²) in [5.41, 5.74) is 8.86. The summed E-state index contributed by atoms with van der Waals surface area (Å²) in [6, 6.07) is 14.0. The van der Waals surface area contributed by atoms with E-state index in [1.54, 1.807) is 6.08 Å². The Hall–Kier alpha value is -1.90. The van der Waals surface area contributed by atoms with Crippen molar-refractivity contribution in [2.75, 3.05) is 0 Å². The van der Waals surface area contributed by atoms with Crippen LogP contribution >= 0.6 is 28.1 Å². The molecule has 2 rings (SSSR count). The second-order valence-electron chi connectivity index (χ2n) is 4.24. The van der Waals surface area contributed by atoms with Crippen molar-refractivity contribution >= 4 is 39.2 Å².